The van der Waals surface area contributed by atoms with E-state index in [1.165, 1.54) is 0 Å². The first kappa shape index (κ1) is 22.4. The fraction of sp³-hybridized carbons (Fsp3) is 0.333. The number of carbonyl (C=O) groups is 1. The van der Waals surface area contributed by atoms with Crippen molar-refractivity contribution in [3.63, 3.8) is 0 Å². The molecule has 0 unspecified atom stereocenters. The maximum atomic E-state index is 8.56. The summed E-state index contributed by atoms with van der Waals surface area (Å²) in [7, 11) is 0. The van der Waals surface area contributed by atoms with E-state index >= 15 is 0 Å². The normalized spacial score (nSPS) is 3.75. The molecule has 0 aliphatic rings. The molecule has 0 radical (unpaired) electrons. The van der Waals surface area contributed by atoms with Gasteiger partial charge < -0.3 is 18.6 Å². The van der Waals surface area contributed by atoms with Crippen LogP contribution in [0.2, 0.25) is 0 Å². The van der Waals surface area contributed by atoms with E-state index in [-0.39, 0.29) is 104 Å². The summed E-state index contributed by atoms with van der Waals surface area (Å²) in [5.41, 5.74) is 0. The molecule has 0 heterocycles. The molecule has 0 spiro atoms. The first-order valence-corrected chi connectivity index (χ1v) is 1.36. The zero-order valence-corrected chi connectivity index (χ0v) is 11.8. The van der Waals surface area contributed by atoms with E-state index in [4.69, 9.17) is 15.0 Å². The third-order valence-corrected chi connectivity index (χ3v) is 0. The fourth-order valence-corrected chi connectivity index (χ4v) is 0. The standard InChI is InChI=1S/C2H5.CH2O3.2K.H/c1-2;2-1(3)4;;;/h1H2,2H3;(H2,2,3,4);;;/q-1;;2*+1;-1. The van der Waals surface area contributed by atoms with Gasteiger partial charge in [-0.25, -0.2) is 4.79 Å². The van der Waals surface area contributed by atoms with Gasteiger partial charge in [0, 0.05) is 0 Å². The van der Waals surface area contributed by atoms with Crippen LogP contribution in [0.5, 0.6) is 0 Å². The maximum absolute atomic E-state index is 8.56. The molecule has 2 N–H and O–H groups in total. The van der Waals surface area contributed by atoms with Crippen molar-refractivity contribution >= 4 is 6.16 Å². The van der Waals surface area contributed by atoms with Gasteiger partial charge in [-0.3, -0.25) is 0 Å². The van der Waals surface area contributed by atoms with Crippen LogP contribution < -0.4 is 103 Å². The van der Waals surface area contributed by atoms with Gasteiger partial charge in [-0.15, -0.1) is 0 Å². The largest absolute Gasteiger partial charge is 1.00 e. The van der Waals surface area contributed by atoms with Gasteiger partial charge in [-0.2, -0.15) is 6.92 Å². The van der Waals surface area contributed by atoms with Crippen LogP contribution in [0.1, 0.15) is 8.35 Å². The minimum Gasteiger partial charge on any atom is -1.00 e. The van der Waals surface area contributed by atoms with Crippen molar-refractivity contribution in [3.8, 4) is 0 Å². The number of hydrogen-bond donors (Lipinski definition) is 2. The summed E-state index contributed by atoms with van der Waals surface area (Å²) in [4.78, 5) is 8.56. The van der Waals surface area contributed by atoms with Crippen molar-refractivity contribution in [2.45, 2.75) is 6.92 Å². The second-order valence-corrected chi connectivity index (χ2v) is 0.283. The monoisotopic (exact) mass is 170 g/mol. The minimum absolute atomic E-state index is 0. The predicted octanol–water partition coefficient (Wildman–Crippen LogP) is -4.82. The van der Waals surface area contributed by atoms with Crippen LogP contribution in [0.15, 0.2) is 0 Å². The smallest absolute Gasteiger partial charge is 1.00 e. The third-order valence-electron chi connectivity index (χ3n) is 0. The molecule has 0 amide bonds. The van der Waals surface area contributed by atoms with Crippen LogP contribution in [0, 0.1) is 6.92 Å². The molecule has 0 aromatic heterocycles. The van der Waals surface area contributed by atoms with Crippen molar-refractivity contribution in [1.82, 2.24) is 0 Å². The van der Waals surface area contributed by atoms with Gasteiger partial charge in [0.05, 0.1) is 0 Å². The van der Waals surface area contributed by atoms with Gasteiger partial charge >= 0.3 is 109 Å². The van der Waals surface area contributed by atoms with Crippen molar-refractivity contribution in [3.05, 3.63) is 6.92 Å². The molecule has 0 rings (SSSR count). The van der Waals surface area contributed by atoms with Crippen LogP contribution in [0.4, 0.5) is 4.79 Å². The fourth-order valence-electron chi connectivity index (χ4n) is 0. The van der Waals surface area contributed by atoms with E-state index in [1.54, 1.807) is 6.92 Å². The molecule has 0 atom stereocenters. The van der Waals surface area contributed by atoms with E-state index in [1.807, 2.05) is 0 Å². The van der Waals surface area contributed by atoms with E-state index < -0.39 is 6.16 Å². The predicted molar refractivity (Wildman–Crippen MR) is 22.8 cm³/mol. The molecule has 5 heteroatoms. The van der Waals surface area contributed by atoms with Crippen molar-refractivity contribution in [2.24, 2.45) is 0 Å². The molecule has 0 saturated carbocycles. The van der Waals surface area contributed by atoms with Crippen LogP contribution in [0.25, 0.3) is 0 Å². The number of rotatable bonds is 0. The Bertz CT molecular complexity index is 40.0. The van der Waals surface area contributed by atoms with E-state index in [9.17, 15) is 0 Å². The Morgan fingerprint density at radius 3 is 1.38 bits per heavy atom. The number of hydrogen-bond acceptors (Lipinski definition) is 1. The quantitative estimate of drug-likeness (QED) is 0.283. The molecule has 0 fully saturated rings. The molecule has 0 bridgehead atoms. The summed E-state index contributed by atoms with van der Waals surface area (Å²) in [5, 5.41) is 13.9. The molecule has 8 heavy (non-hydrogen) atoms. The zero-order chi connectivity index (χ0) is 5.58. The second kappa shape index (κ2) is 22.7. The van der Waals surface area contributed by atoms with Crippen molar-refractivity contribution in [1.29, 1.82) is 0 Å². The van der Waals surface area contributed by atoms with Crippen LogP contribution in [0.3, 0.4) is 0 Å². The Morgan fingerprint density at radius 1 is 1.38 bits per heavy atom. The summed E-state index contributed by atoms with van der Waals surface area (Å²) in [5.74, 6) is 0. The van der Waals surface area contributed by atoms with Crippen LogP contribution >= 0.6 is 0 Å². The van der Waals surface area contributed by atoms with E-state index in [0.29, 0.717) is 0 Å². The molecular weight excluding hydrogens is 162 g/mol. The summed E-state index contributed by atoms with van der Waals surface area (Å²) in [6.45, 7) is 5.00. The molecule has 3 nitrogen and oxygen atoms in total. The van der Waals surface area contributed by atoms with E-state index in [0.717, 1.165) is 0 Å². The van der Waals surface area contributed by atoms with Crippen LogP contribution in [-0.2, 0) is 0 Å². The Labute approximate surface area is 136 Å². The average molecular weight is 170 g/mol. The summed E-state index contributed by atoms with van der Waals surface area (Å²) < 4.78 is 0. The Balaban J connectivity index is -0.00000000990. The van der Waals surface area contributed by atoms with Gasteiger partial charge in [0.15, 0.2) is 0 Å². The molecule has 0 aromatic rings. The Hall–Kier alpha value is 2.54. The molecular formula is C3H8K2O3. The second-order valence-electron chi connectivity index (χ2n) is 0.283. The summed E-state index contributed by atoms with van der Waals surface area (Å²) in [6, 6.07) is 0. The Morgan fingerprint density at radius 2 is 1.38 bits per heavy atom. The first-order chi connectivity index (χ1) is 2.73. The van der Waals surface area contributed by atoms with E-state index in [2.05, 4.69) is 6.92 Å². The van der Waals surface area contributed by atoms with Gasteiger partial charge in [0.2, 0.25) is 0 Å². The number of carboxylic acid groups (broad SMARTS) is 2. The van der Waals surface area contributed by atoms with Gasteiger partial charge in [0.25, 0.3) is 0 Å². The molecule has 0 saturated heterocycles. The van der Waals surface area contributed by atoms with Crippen molar-refractivity contribution in [2.75, 3.05) is 0 Å². The molecule has 0 aliphatic carbocycles. The maximum Gasteiger partial charge on any atom is 1.00 e. The summed E-state index contributed by atoms with van der Waals surface area (Å²) >= 11 is 0. The Kier molecular flexibility index (Phi) is 63.5. The SMILES string of the molecule is O=C(O)O.[CH2-]C.[H-].[K+].[K+]. The molecule has 0 aromatic carbocycles. The van der Waals surface area contributed by atoms with Crippen LogP contribution in [-0.4, -0.2) is 16.4 Å². The van der Waals surface area contributed by atoms with Gasteiger partial charge in [0.1, 0.15) is 0 Å². The third kappa shape index (κ3) is 75.2. The zero-order valence-electron chi connectivity index (χ0n) is 6.51. The topological polar surface area (TPSA) is 57.5 Å². The average Bonchev–Trinajstić information content (AvgIpc) is 1.41. The minimum atomic E-state index is -1.83. The first-order valence-electron chi connectivity index (χ1n) is 1.36. The molecule has 0 aliphatic heterocycles. The molecule has 40 valence electrons. The van der Waals surface area contributed by atoms with Gasteiger partial charge in [-0.05, 0) is 0 Å². The van der Waals surface area contributed by atoms with Crippen molar-refractivity contribution < 1.29 is 119 Å². The van der Waals surface area contributed by atoms with Gasteiger partial charge in [-0.1, -0.05) is 0 Å². The summed E-state index contributed by atoms with van der Waals surface area (Å²) in [6.07, 6.45) is -1.83.